The zero-order valence-corrected chi connectivity index (χ0v) is 21.4. The third kappa shape index (κ3) is 9.27. The monoisotopic (exact) mass is 449 g/mol. The van der Waals surface area contributed by atoms with Crippen LogP contribution in [-0.4, -0.2) is 38.7 Å². The molecule has 1 aromatic carbocycles. The van der Waals surface area contributed by atoms with E-state index in [0.717, 1.165) is 5.56 Å². The smallest absolute Gasteiger partial charge is 0.408 e. The lowest BCUT2D eigenvalue weighted by atomic mass is 10.0. The highest BCUT2D eigenvalue weighted by atomic mass is 28.4. The van der Waals surface area contributed by atoms with Gasteiger partial charge in [0.25, 0.3) is 0 Å². The minimum absolute atomic E-state index is 0.0594. The fourth-order valence-corrected chi connectivity index (χ4v) is 3.80. The number of hydrogen-bond acceptors (Lipinski definition) is 5. The molecular weight excluding hydrogens is 410 g/mol. The Kier molecular flexibility index (Phi) is 9.51. The van der Waals surface area contributed by atoms with Crippen LogP contribution in [0.3, 0.4) is 0 Å². The molecule has 7 heteroatoms. The highest BCUT2D eigenvalue weighted by molar-refractivity contribution is 6.74. The quantitative estimate of drug-likeness (QED) is 0.310. The number of hydrogen-bond donors (Lipinski definition) is 1. The Bertz CT molecular complexity index is 747. The van der Waals surface area contributed by atoms with Crippen molar-refractivity contribution in [1.29, 1.82) is 0 Å². The number of carbonyl (C=O) groups excluding carboxylic acids is 2. The van der Waals surface area contributed by atoms with Crippen LogP contribution in [0.4, 0.5) is 4.79 Å². The first-order chi connectivity index (χ1) is 14.2. The topological polar surface area (TPSA) is 73.9 Å². The van der Waals surface area contributed by atoms with Crippen molar-refractivity contribution in [1.82, 2.24) is 5.32 Å². The molecule has 1 aromatic rings. The Balaban J connectivity index is 3.37. The third-order valence-electron chi connectivity index (χ3n) is 5.10. The second-order valence-corrected chi connectivity index (χ2v) is 14.7. The van der Waals surface area contributed by atoms with Crippen LogP contribution in [0.1, 0.15) is 60.1 Å². The van der Waals surface area contributed by atoms with Crippen LogP contribution < -0.4 is 5.32 Å². The molecule has 0 aliphatic heterocycles. The van der Waals surface area contributed by atoms with Gasteiger partial charge in [-0.25, -0.2) is 9.59 Å². The van der Waals surface area contributed by atoms with E-state index in [-0.39, 0.29) is 11.6 Å². The fourth-order valence-electron chi connectivity index (χ4n) is 2.55. The van der Waals surface area contributed by atoms with Gasteiger partial charge >= 0.3 is 12.1 Å². The molecule has 0 aliphatic carbocycles. The summed E-state index contributed by atoms with van der Waals surface area (Å²) in [6, 6.07) is 9.00. The summed E-state index contributed by atoms with van der Waals surface area (Å²) in [7, 11) is -2.25. The maximum atomic E-state index is 12.7. The van der Waals surface area contributed by atoms with Gasteiger partial charge in [0, 0.05) is 6.08 Å². The van der Waals surface area contributed by atoms with Gasteiger partial charge < -0.3 is 19.2 Å². The Labute approximate surface area is 188 Å². The highest BCUT2D eigenvalue weighted by Crippen LogP contribution is 2.39. The largest absolute Gasteiger partial charge is 0.463 e. The molecule has 6 nitrogen and oxygen atoms in total. The lowest BCUT2D eigenvalue weighted by Gasteiger charge is -2.41. The van der Waals surface area contributed by atoms with Crippen LogP contribution >= 0.6 is 0 Å². The molecular formula is C24H39NO5Si. The summed E-state index contributed by atoms with van der Waals surface area (Å²) >= 11 is 0. The van der Waals surface area contributed by atoms with Crippen LogP contribution in [0.15, 0.2) is 42.5 Å². The molecule has 0 bridgehead atoms. The normalized spacial score (nSPS) is 14.7. The summed E-state index contributed by atoms with van der Waals surface area (Å²) in [4.78, 5) is 24.7. The fraction of sp³-hybridized carbons (Fsp3) is 0.583. The number of ether oxygens (including phenoxy) is 2. The van der Waals surface area contributed by atoms with Crippen molar-refractivity contribution in [2.75, 3.05) is 6.61 Å². The van der Waals surface area contributed by atoms with E-state index in [1.165, 1.54) is 6.08 Å². The third-order valence-corrected chi connectivity index (χ3v) is 9.58. The van der Waals surface area contributed by atoms with Gasteiger partial charge in [-0.05, 0) is 57.5 Å². The Hall–Kier alpha value is -2.12. The molecule has 1 N–H and O–H groups in total. The van der Waals surface area contributed by atoms with E-state index in [2.05, 4.69) is 39.2 Å². The average molecular weight is 450 g/mol. The van der Waals surface area contributed by atoms with Crippen LogP contribution in [0, 0.1) is 0 Å². The molecule has 0 spiro atoms. The summed E-state index contributed by atoms with van der Waals surface area (Å²) in [5.41, 5.74) is 0.215. The molecule has 31 heavy (non-hydrogen) atoms. The SMILES string of the molecule is CCOC(=O)/C=C/[C@H](O[Si](C)(C)C(C)(C)C)[C@@H](NC(=O)OC(C)(C)C)c1ccccc1. The first-order valence-electron chi connectivity index (χ1n) is 10.7. The van der Waals surface area contributed by atoms with Gasteiger partial charge in [0.2, 0.25) is 0 Å². The second kappa shape index (κ2) is 11.0. The number of nitrogens with one attached hydrogen (secondary N) is 1. The summed E-state index contributed by atoms with van der Waals surface area (Å²) < 4.78 is 17.2. The van der Waals surface area contributed by atoms with E-state index in [0.29, 0.717) is 0 Å². The first-order valence-corrected chi connectivity index (χ1v) is 13.6. The molecule has 0 aromatic heterocycles. The average Bonchev–Trinajstić information content (AvgIpc) is 2.62. The van der Waals surface area contributed by atoms with Gasteiger partial charge in [-0.1, -0.05) is 51.1 Å². The van der Waals surface area contributed by atoms with E-state index in [4.69, 9.17) is 13.9 Å². The number of rotatable bonds is 8. The van der Waals surface area contributed by atoms with Crippen molar-refractivity contribution in [2.45, 2.75) is 84.3 Å². The summed E-state index contributed by atoms with van der Waals surface area (Å²) in [5.74, 6) is -0.449. The molecule has 2 atom stereocenters. The molecule has 1 rings (SSSR count). The van der Waals surface area contributed by atoms with Crippen LogP contribution in [0.5, 0.6) is 0 Å². The van der Waals surface area contributed by atoms with Crippen LogP contribution in [-0.2, 0) is 18.7 Å². The summed E-state index contributed by atoms with van der Waals surface area (Å²) in [6.45, 7) is 18.2. The number of esters is 1. The van der Waals surface area contributed by atoms with E-state index >= 15 is 0 Å². The van der Waals surface area contributed by atoms with Gasteiger partial charge in [0.15, 0.2) is 8.32 Å². The first kappa shape index (κ1) is 26.9. The van der Waals surface area contributed by atoms with Crippen molar-refractivity contribution in [3.8, 4) is 0 Å². The summed E-state index contributed by atoms with van der Waals surface area (Å²) in [6.07, 6.45) is 1.91. The predicted octanol–water partition coefficient (Wildman–Crippen LogP) is 5.76. The Morgan fingerprint density at radius 3 is 2.13 bits per heavy atom. The number of alkyl carbamates (subject to hydrolysis) is 1. The lowest BCUT2D eigenvalue weighted by molar-refractivity contribution is -0.137. The lowest BCUT2D eigenvalue weighted by Crippen LogP contribution is -2.48. The van der Waals surface area contributed by atoms with E-state index in [1.54, 1.807) is 13.0 Å². The zero-order chi connectivity index (χ0) is 23.9. The molecule has 0 heterocycles. The van der Waals surface area contributed by atoms with E-state index < -0.39 is 38.1 Å². The van der Waals surface area contributed by atoms with Gasteiger partial charge in [-0.2, -0.15) is 0 Å². The van der Waals surface area contributed by atoms with Crippen molar-refractivity contribution in [3.63, 3.8) is 0 Å². The number of carbonyl (C=O) groups is 2. The summed E-state index contributed by atoms with van der Waals surface area (Å²) in [5, 5.41) is 2.89. The minimum atomic E-state index is -2.25. The second-order valence-electron chi connectivity index (χ2n) is 9.99. The van der Waals surface area contributed by atoms with Crippen LogP contribution in [0.2, 0.25) is 18.1 Å². The van der Waals surface area contributed by atoms with E-state index in [9.17, 15) is 9.59 Å². The molecule has 1 amide bonds. The molecule has 0 unspecified atom stereocenters. The van der Waals surface area contributed by atoms with Crippen molar-refractivity contribution >= 4 is 20.4 Å². The molecule has 0 aliphatic rings. The molecule has 0 radical (unpaired) electrons. The van der Waals surface area contributed by atoms with Gasteiger partial charge in [-0.15, -0.1) is 0 Å². The van der Waals surface area contributed by atoms with Gasteiger partial charge in [-0.3, -0.25) is 0 Å². The van der Waals surface area contributed by atoms with E-state index in [1.807, 2.05) is 51.1 Å². The highest BCUT2D eigenvalue weighted by Gasteiger charge is 2.41. The predicted molar refractivity (Wildman–Crippen MR) is 126 cm³/mol. The molecule has 0 fully saturated rings. The maximum absolute atomic E-state index is 12.7. The van der Waals surface area contributed by atoms with Crippen molar-refractivity contribution in [2.24, 2.45) is 0 Å². The number of benzene rings is 1. The van der Waals surface area contributed by atoms with Crippen molar-refractivity contribution < 1.29 is 23.5 Å². The Morgan fingerprint density at radius 1 is 1.06 bits per heavy atom. The van der Waals surface area contributed by atoms with Crippen molar-refractivity contribution in [3.05, 3.63) is 48.0 Å². The molecule has 174 valence electrons. The van der Waals surface area contributed by atoms with Gasteiger partial charge in [0.05, 0.1) is 18.8 Å². The van der Waals surface area contributed by atoms with Gasteiger partial charge in [0.1, 0.15) is 5.60 Å². The zero-order valence-electron chi connectivity index (χ0n) is 20.4. The Morgan fingerprint density at radius 2 is 1.65 bits per heavy atom. The molecule has 0 saturated heterocycles. The standard InChI is InChI=1S/C24H39NO5Si/c1-10-28-20(26)17-16-19(30-31(8,9)24(5,6)7)21(18-14-12-11-13-15-18)25-22(27)29-23(2,3)4/h11-17,19,21H,10H2,1-9H3,(H,25,27)/b17-16+/t19-,21-/m0/s1. The molecule has 0 saturated carbocycles. The minimum Gasteiger partial charge on any atom is -0.463 e. The number of amides is 1. The van der Waals surface area contributed by atoms with Crippen LogP contribution in [0.25, 0.3) is 0 Å². The maximum Gasteiger partial charge on any atom is 0.408 e.